The van der Waals surface area contributed by atoms with Crippen molar-refractivity contribution in [2.24, 2.45) is 5.73 Å². The van der Waals surface area contributed by atoms with Crippen LogP contribution in [0.3, 0.4) is 0 Å². The summed E-state index contributed by atoms with van der Waals surface area (Å²) in [6, 6.07) is 0. The third kappa shape index (κ3) is 113. The van der Waals surface area contributed by atoms with Gasteiger partial charge >= 0.3 is 13.3 Å². The third-order valence-corrected chi connectivity index (χ3v) is 0.175. The molecule has 0 bridgehead atoms. The van der Waals surface area contributed by atoms with Crippen molar-refractivity contribution < 1.29 is 25.0 Å². The van der Waals surface area contributed by atoms with E-state index in [1.807, 2.05) is 0 Å². The molecule has 54 valence electrons. The molecule has 6 N–H and O–H groups in total. The summed E-state index contributed by atoms with van der Waals surface area (Å²) in [5, 5.41) is 29.1. The highest BCUT2D eigenvalue weighted by Crippen LogP contribution is 1.43. The van der Waals surface area contributed by atoms with Crippen LogP contribution in [-0.4, -0.2) is 40.0 Å². The summed E-state index contributed by atoms with van der Waals surface area (Å²) in [6.07, 6.45) is 0. The van der Waals surface area contributed by atoms with Gasteiger partial charge in [-0.05, 0) is 0 Å². The lowest BCUT2D eigenvalue weighted by Crippen LogP contribution is -2.10. The van der Waals surface area contributed by atoms with E-state index in [1.165, 1.54) is 0 Å². The van der Waals surface area contributed by atoms with Crippen LogP contribution in [-0.2, 0) is 4.79 Å². The number of aliphatic carboxylic acids is 1. The summed E-state index contributed by atoms with van der Waals surface area (Å²) in [4.78, 5) is 9.24. The highest BCUT2D eigenvalue weighted by Gasteiger charge is 1.92. The van der Waals surface area contributed by atoms with Crippen LogP contribution in [0.25, 0.3) is 0 Å². The highest BCUT2D eigenvalue weighted by atomic mass is 16.5. The Morgan fingerprint density at radius 3 is 1.56 bits per heavy atom. The molecular weight excluding hydrogens is 129 g/mol. The molecule has 0 spiro atoms. The van der Waals surface area contributed by atoms with Gasteiger partial charge in [-0.1, -0.05) is 0 Å². The van der Waals surface area contributed by atoms with Gasteiger partial charge in [0.2, 0.25) is 0 Å². The SMILES string of the molecule is NCC(=O)O.OB(O)O. The summed E-state index contributed by atoms with van der Waals surface area (Å²) in [6.45, 7) is -0.278. The summed E-state index contributed by atoms with van der Waals surface area (Å²) >= 11 is 0. The summed E-state index contributed by atoms with van der Waals surface area (Å²) in [5.74, 6) is -0.968. The second-order valence-corrected chi connectivity index (χ2v) is 0.944. The van der Waals surface area contributed by atoms with E-state index in [9.17, 15) is 4.79 Å². The maximum Gasteiger partial charge on any atom is 0.631 e. The van der Waals surface area contributed by atoms with Crippen molar-refractivity contribution in [2.75, 3.05) is 6.54 Å². The van der Waals surface area contributed by atoms with Crippen LogP contribution in [0.15, 0.2) is 0 Å². The molecule has 0 saturated carbocycles. The quantitative estimate of drug-likeness (QED) is 0.245. The van der Waals surface area contributed by atoms with Gasteiger partial charge in [0, 0.05) is 0 Å². The van der Waals surface area contributed by atoms with Crippen molar-refractivity contribution in [3.8, 4) is 0 Å². The lowest BCUT2D eigenvalue weighted by atomic mass is 10.3. The first-order valence-electron chi connectivity index (χ1n) is 1.96. The smallest absolute Gasteiger partial charge is 0.480 e. The summed E-state index contributed by atoms with van der Waals surface area (Å²) < 4.78 is 0. The number of carboxylic acids is 1. The Hall–Kier alpha value is -0.625. The van der Waals surface area contributed by atoms with Gasteiger partial charge in [-0.3, -0.25) is 4.79 Å². The average molecular weight is 137 g/mol. The van der Waals surface area contributed by atoms with Gasteiger partial charge in [-0.15, -0.1) is 0 Å². The number of carboxylic acid groups (broad SMARTS) is 1. The van der Waals surface area contributed by atoms with Crippen LogP contribution >= 0.6 is 0 Å². The van der Waals surface area contributed by atoms with Crippen molar-refractivity contribution in [1.82, 2.24) is 0 Å². The number of nitrogens with two attached hydrogens (primary N) is 1. The van der Waals surface area contributed by atoms with Crippen LogP contribution in [0.4, 0.5) is 0 Å². The second-order valence-electron chi connectivity index (χ2n) is 0.944. The predicted octanol–water partition coefficient (Wildman–Crippen LogP) is -3.02. The monoisotopic (exact) mass is 137 g/mol. The molecule has 0 aliphatic carbocycles. The average Bonchev–Trinajstić information content (AvgIpc) is 1.65. The molecular formula is C2H8BNO5. The molecule has 0 aliphatic heterocycles. The fourth-order valence-corrected chi connectivity index (χ4v) is 0. The second kappa shape index (κ2) is 7.37. The highest BCUT2D eigenvalue weighted by molar-refractivity contribution is 6.30. The molecule has 0 heterocycles. The Morgan fingerprint density at radius 2 is 1.56 bits per heavy atom. The first-order valence-corrected chi connectivity index (χ1v) is 1.96. The van der Waals surface area contributed by atoms with Gasteiger partial charge in [0.25, 0.3) is 0 Å². The number of hydrogen-bond donors (Lipinski definition) is 5. The van der Waals surface area contributed by atoms with E-state index in [1.54, 1.807) is 0 Å². The van der Waals surface area contributed by atoms with Gasteiger partial charge in [0.05, 0.1) is 6.54 Å². The molecule has 0 amide bonds. The molecule has 0 saturated heterocycles. The fraction of sp³-hybridized carbons (Fsp3) is 0.500. The molecule has 6 nitrogen and oxygen atoms in total. The molecule has 0 aromatic heterocycles. The number of hydrogen-bond acceptors (Lipinski definition) is 5. The van der Waals surface area contributed by atoms with Gasteiger partial charge < -0.3 is 25.9 Å². The van der Waals surface area contributed by atoms with Crippen LogP contribution in [0.5, 0.6) is 0 Å². The zero-order valence-electron chi connectivity index (χ0n) is 4.56. The molecule has 0 unspecified atom stereocenters. The molecule has 0 rings (SSSR count). The van der Waals surface area contributed by atoms with Crippen molar-refractivity contribution in [3.05, 3.63) is 0 Å². The van der Waals surface area contributed by atoms with Gasteiger partial charge in [-0.2, -0.15) is 0 Å². The molecule has 0 aromatic carbocycles. The normalized spacial score (nSPS) is 7.11. The van der Waals surface area contributed by atoms with E-state index >= 15 is 0 Å². The first kappa shape index (κ1) is 11.2. The van der Waals surface area contributed by atoms with Crippen LogP contribution in [0.2, 0.25) is 0 Å². The molecule has 7 heteroatoms. The lowest BCUT2D eigenvalue weighted by molar-refractivity contribution is -0.135. The minimum absolute atomic E-state index is 0.278. The summed E-state index contributed by atoms with van der Waals surface area (Å²) in [5.41, 5.74) is 4.57. The Morgan fingerprint density at radius 1 is 1.44 bits per heavy atom. The van der Waals surface area contributed by atoms with Crippen molar-refractivity contribution in [1.29, 1.82) is 0 Å². The van der Waals surface area contributed by atoms with E-state index in [0.717, 1.165) is 0 Å². The number of carbonyl (C=O) groups is 1. The van der Waals surface area contributed by atoms with E-state index in [2.05, 4.69) is 5.73 Å². The number of rotatable bonds is 1. The van der Waals surface area contributed by atoms with Gasteiger partial charge in [-0.25, -0.2) is 0 Å². The molecule has 0 aliphatic rings. The van der Waals surface area contributed by atoms with E-state index < -0.39 is 13.3 Å². The maximum absolute atomic E-state index is 9.24. The predicted molar refractivity (Wildman–Crippen MR) is 29.1 cm³/mol. The minimum atomic E-state index is -2.17. The van der Waals surface area contributed by atoms with E-state index in [4.69, 9.17) is 20.2 Å². The zero-order valence-corrected chi connectivity index (χ0v) is 4.56. The van der Waals surface area contributed by atoms with Crippen LogP contribution < -0.4 is 5.73 Å². The molecule has 0 aromatic rings. The van der Waals surface area contributed by atoms with E-state index in [-0.39, 0.29) is 6.54 Å². The van der Waals surface area contributed by atoms with Crippen molar-refractivity contribution in [3.63, 3.8) is 0 Å². The third-order valence-electron chi connectivity index (χ3n) is 0.175. The lowest BCUT2D eigenvalue weighted by Gasteiger charge is -1.73. The Kier molecular flexibility index (Phi) is 9.18. The molecule has 9 heavy (non-hydrogen) atoms. The molecule has 0 radical (unpaired) electrons. The molecule has 0 atom stereocenters. The van der Waals surface area contributed by atoms with E-state index in [0.29, 0.717) is 0 Å². The molecule has 0 fully saturated rings. The van der Waals surface area contributed by atoms with Crippen molar-refractivity contribution in [2.45, 2.75) is 0 Å². The largest absolute Gasteiger partial charge is 0.631 e. The van der Waals surface area contributed by atoms with Crippen LogP contribution in [0.1, 0.15) is 0 Å². The Labute approximate surface area is 51.7 Å². The standard InChI is InChI=1S/C2H5NO2.BH3O3/c3-1-2(4)5;2-1(3)4/h1,3H2,(H,4,5);2-4H. The maximum atomic E-state index is 9.24. The Balaban J connectivity index is 0. The topological polar surface area (TPSA) is 124 Å². The fourth-order valence-electron chi connectivity index (χ4n) is 0. The first-order chi connectivity index (χ1) is 4.00. The Bertz CT molecular complexity index is 72.6. The van der Waals surface area contributed by atoms with Crippen LogP contribution in [0, 0.1) is 0 Å². The van der Waals surface area contributed by atoms with Crippen molar-refractivity contribution >= 4 is 13.3 Å². The zero-order chi connectivity index (χ0) is 7.86. The van der Waals surface area contributed by atoms with Gasteiger partial charge in [0.15, 0.2) is 0 Å². The minimum Gasteiger partial charge on any atom is -0.480 e. The summed E-state index contributed by atoms with van der Waals surface area (Å²) in [7, 11) is -2.17. The van der Waals surface area contributed by atoms with Gasteiger partial charge in [0.1, 0.15) is 0 Å².